The van der Waals surface area contributed by atoms with E-state index in [4.69, 9.17) is 4.74 Å². The zero-order chi connectivity index (χ0) is 15.2. The van der Waals surface area contributed by atoms with E-state index in [0.717, 1.165) is 12.8 Å². The average molecular weight is 297 g/mol. The summed E-state index contributed by atoms with van der Waals surface area (Å²) in [6.07, 6.45) is -1.50. The Bertz CT molecular complexity index is 318. The summed E-state index contributed by atoms with van der Waals surface area (Å²) < 4.78 is 40.4. The van der Waals surface area contributed by atoms with Gasteiger partial charge in [0.2, 0.25) is 0 Å². The number of carboxylic acid groups (broad SMARTS) is 1. The van der Waals surface area contributed by atoms with E-state index in [9.17, 15) is 23.1 Å². The second kappa shape index (κ2) is 7.26. The van der Waals surface area contributed by atoms with Crippen molar-refractivity contribution in [1.82, 2.24) is 5.32 Å². The van der Waals surface area contributed by atoms with E-state index in [2.05, 4.69) is 5.32 Å². The zero-order valence-electron chi connectivity index (χ0n) is 11.6. The first kappa shape index (κ1) is 17.2. The van der Waals surface area contributed by atoms with Crippen LogP contribution in [0.4, 0.5) is 13.2 Å². The van der Waals surface area contributed by atoms with Crippen molar-refractivity contribution in [2.75, 3.05) is 13.2 Å². The molecule has 0 amide bonds. The van der Waals surface area contributed by atoms with Gasteiger partial charge in [0.15, 0.2) is 0 Å². The summed E-state index contributed by atoms with van der Waals surface area (Å²) in [5.74, 6) is -0.887. The Balaban J connectivity index is 2.10. The lowest BCUT2D eigenvalue weighted by atomic mass is 9.95. The van der Waals surface area contributed by atoms with Crippen LogP contribution in [0.25, 0.3) is 0 Å². The maximum absolute atomic E-state index is 11.8. The molecule has 0 aromatic rings. The minimum Gasteiger partial charge on any atom is -0.480 e. The summed E-state index contributed by atoms with van der Waals surface area (Å²) in [5, 5.41) is 12.3. The van der Waals surface area contributed by atoms with Crippen molar-refractivity contribution in [3.8, 4) is 0 Å². The van der Waals surface area contributed by atoms with Crippen molar-refractivity contribution in [1.29, 1.82) is 0 Å². The summed E-state index contributed by atoms with van der Waals surface area (Å²) in [4.78, 5) is 11.2. The van der Waals surface area contributed by atoms with Crippen LogP contribution in [0, 0.1) is 0 Å². The molecule has 1 unspecified atom stereocenters. The second-order valence-corrected chi connectivity index (χ2v) is 5.49. The Labute approximate surface area is 116 Å². The molecule has 0 saturated heterocycles. The van der Waals surface area contributed by atoms with Gasteiger partial charge in [-0.2, -0.15) is 13.2 Å². The summed E-state index contributed by atoms with van der Waals surface area (Å²) in [6.45, 7) is 1.55. The van der Waals surface area contributed by atoms with Crippen LogP contribution in [0.3, 0.4) is 0 Å². The summed E-state index contributed by atoms with van der Waals surface area (Å²) in [5.41, 5.74) is -0.951. The number of nitrogens with one attached hydrogen (secondary N) is 1. The predicted molar refractivity (Wildman–Crippen MR) is 67.5 cm³/mol. The van der Waals surface area contributed by atoms with Crippen molar-refractivity contribution < 1.29 is 27.8 Å². The van der Waals surface area contributed by atoms with Gasteiger partial charge in [-0.3, -0.25) is 10.1 Å². The number of unbranched alkanes of at least 4 members (excludes halogenated alkanes) is 1. The van der Waals surface area contributed by atoms with Crippen molar-refractivity contribution >= 4 is 5.97 Å². The van der Waals surface area contributed by atoms with Gasteiger partial charge in [-0.1, -0.05) is 0 Å². The number of carbonyl (C=O) groups is 1. The molecule has 1 aliphatic rings. The molecule has 0 aromatic carbocycles. The predicted octanol–water partition coefficient (Wildman–Crippen LogP) is 2.72. The standard InChI is InChI=1S/C13H22F3NO3/c1-12(11(18)19,17-10-4-5-10)6-2-3-8-20-9-7-13(14,15)16/h10,17H,2-9H2,1H3,(H,18,19). The number of aliphatic carboxylic acids is 1. The lowest BCUT2D eigenvalue weighted by Gasteiger charge is -2.26. The maximum atomic E-state index is 11.8. The number of alkyl halides is 3. The van der Waals surface area contributed by atoms with Crippen LogP contribution in [0.2, 0.25) is 0 Å². The van der Waals surface area contributed by atoms with E-state index in [0.29, 0.717) is 25.3 Å². The maximum Gasteiger partial charge on any atom is 0.391 e. The van der Waals surface area contributed by atoms with E-state index in [1.165, 1.54) is 0 Å². The van der Waals surface area contributed by atoms with Crippen LogP contribution in [-0.2, 0) is 9.53 Å². The first-order chi connectivity index (χ1) is 9.23. The van der Waals surface area contributed by atoms with Crippen molar-refractivity contribution in [2.45, 2.75) is 63.2 Å². The molecule has 4 nitrogen and oxygen atoms in total. The molecular formula is C13H22F3NO3. The summed E-state index contributed by atoms with van der Waals surface area (Å²) in [7, 11) is 0. The number of ether oxygens (including phenoxy) is 1. The molecule has 1 rings (SSSR count). The second-order valence-electron chi connectivity index (χ2n) is 5.49. The third kappa shape index (κ3) is 7.09. The molecule has 1 fully saturated rings. The molecule has 7 heteroatoms. The molecule has 0 heterocycles. The highest BCUT2D eigenvalue weighted by Crippen LogP contribution is 2.25. The largest absolute Gasteiger partial charge is 0.480 e. The molecule has 0 spiro atoms. The Kier molecular flexibility index (Phi) is 6.26. The molecular weight excluding hydrogens is 275 g/mol. The number of carboxylic acids is 1. The van der Waals surface area contributed by atoms with E-state index in [-0.39, 0.29) is 13.2 Å². The number of halogens is 3. The lowest BCUT2D eigenvalue weighted by Crippen LogP contribution is -2.50. The first-order valence-corrected chi connectivity index (χ1v) is 6.88. The van der Waals surface area contributed by atoms with Crippen LogP contribution in [0.1, 0.15) is 45.4 Å². The zero-order valence-corrected chi connectivity index (χ0v) is 11.6. The third-order valence-corrected chi connectivity index (χ3v) is 3.32. The van der Waals surface area contributed by atoms with Crippen LogP contribution in [-0.4, -0.2) is 42.0 Å². The van der Waals surface area contributed by atoms with Crippen LogP contribution < -0.4 is 5.32 Å². The van der Waals surface area contributed by atoms with Crippen LogP contribution >= 0.6 is 0 Å². The van der Waals surface area contributed by atoms with Crippen molar-refractivity contribution in [2.24, 2.45) is 0 Å². The number of hydrogen-bond acceptors (Lipinski definition) is 3. The van der Waals surface area contributed by atoms with E-state index in [1.807, 2.05) is 0 Å². The topological polar surface area (TPSA) is 58.6 Å². The average Bonchev–Trinajstić information content (AvgIpc) is 3.10. The fraction of sp³-hybridized carbons (Fsp3) is 0.923. The molecule has 0 aliphatic heterocycles. The Morgan fingerprint density at radius 1 is 1.25 bits per heavy atom. The highest BCUT2D eigenvalue weighted by atomic mass is 19.4. The van der Waals surface area contributed by atoms with Crippen molar-refractivity contribution in [3.63, 3.8) is 0 Å². The smallest absolute Gasteiger partial charge is 0.391 e. The van der Waals surface area contributed by atoms with Gasteiger partial charge in [0.25, 0.3) is 0 Å². The fourth-order valence-corrected chi connectivity index (χ4v) is 1.89. The molecule has 1 atom stereocenters. The molecule has 0 bridgehead atoms. The van der Waals surface area contributed by atoms with Crippen molar-refractivity contribution in [3.05, 3.63) is 0 Å². The SMILES string of the molecule is CC(CCCCOCCC(F)(F)F)(NC1CC1)C(=O)O. The molecule has 2 N–H and O–H groups in total. The summed E-state index contributed by atoms with van der Waals surface area (Å²) >= 11 is 0. The highest BCUT2D eigenvalue weighted by Gasteiger charge is 2.37. The van der Waals surface area contributed by atoms with Gasteiger partial charge >= 0.3 is 12.1 Å². The van der Waals surface area contributed by atoms with Gasteiger partial charge in [0, 0.05) is 12.6 Å². The molecule has 1 saturated carbocycles. The highest BCUT2D eigenvalue weighted by molar-refractivity contribution is 5.78. The quantitative estimate of drug-likeness (QED) is 0.609. The minimum absolute atomic E-state index is 0.231. The minimum atomic E-state index is -4.18. The molecule has 118 valence electrons. The normalized spacial score (nSPS) is 18.8. The Morgan fingerprint density at radius 2 is 1.90 bits per heavy atom. The Morgan fingerprint density at radius 3 is 2.40 bits per heavy atom. The van der Waals surface area contributed by atoms with Gasteiger partial charge < -0.3 is 9.84 Å². The molecule has 0 aromatic heterocycles. The fourth-order valence-electron chi connectivity index (χ4n) is 1.89. The van der Waals surface area contributed by atoms with Crippen LogP contribution in [0.15, 0.2) is 0 Å². The molecule has 0 radical (unpaired) electrons. The van der Waals surface area contributed by atoms with E-state index >= 15 is 0 Å². The monoisotopic (exact) mass is 297 g/mol. The molecule has 20 heavy (non-hydrogen) atoms. The number of rotatable bonds is 10. The van der Waals surface area contributed by atoms with Gasteiger partial charge in [-0.25, -0.2) is 0 Å². The summed E-state index contributed by atoms with van der Waals surface area (Å²) in [6, 6.07) is 0.291. The van der Waals surface area contributed by atoms with E-state index in [1.54, 1.807) is 6.92 Å². The van der Waals surface area contributed by atoms with Crippen LogP contribution in [0.5, 0.6) is 0 Å². The molecule has 1 aliphatic carbocycles. The van der Waals surface area contributed by atoms with E-state index < -0.39 is 24.1 Å². The third-order valence-electron chi connectivity index (χ3n) is 3.32. The Hall–Kier alpha value is -0.820. The van der Waals surface area contributed by atoms with Gasteiger partial charge in [-0.15, -0.1) is 0 Å². The van der Waals surface area contributed by atoms with Gasteiger partial charge in [0.1, 0.15) is 5.54 Å². The number of hydrogen-bond donors (Lipinski definition) is 2. The van der Waals surface area contributed by atoms with Gasteiger partial charge in [0.05, 0.1) is 13.0 Å². The lowest BCUT2D eigenvalue weighted by molar-refractivity contribution is -0.146. The van der Waals surface area contributed by atoms with Gasteiger partial charge in [-0.05, 0) is 39.0 Å². The first-order valence-electron chi connectivity index (χ1n) is 6.88.